The fourth-order valence-electron chi connectivity index (χ4n) is 4.60. The third kappa shape index (κ3) is 2.89. The number of pyridine rings is 1. The molecule has 1 aliphatic rings. The Kier molecular flexibility index (Phi) is 4.39. The van der Waals surface area contributed by atoms with E-state index < -0.39 is 0 Å². The number of rotatable bonds is 3. The third-order valence-corrected chi connectivity index (χ3v) is 5.94. The molecule has 0 bridgehead atoms. The fourth-order valence-corrected chi connectivity index (χ4v) is 4.60. The van der Waals surface area contributed by atoms with Crippen molar-refractivity contribution in [3.63, 3.8) is 0 Å². The molecule has 1 atom stereocenters. The molecule has 0 amide bonds. The molecule has 4 aromatic rings. The van der Waals surface area contributed by atoms with Crippen LogP contribution in [0.25, 0.3) is 28.2 Å². The van der Waals surface area contributed by atoms with E-state index in [9.17, 15) is 4.79 Å². The van der Waals surface area contributed by atoms with Crippen molar-refractivity contribution in [2.24, 2.45) is 5.92 Å². The van der Waals surface area contributed by atoms with Gasteiger partial charge >= 0.3 is 0 Å². The van der Waals surface area contributed by atoms with Crippen LogP contribution >= 0.6 is 0 Å². The highest BCUT2D eigenvalue weighted by Gasteiger charge is 2.37. The van der Waals surface area contributed by atoms with E-state index in [0.29, 0.717) is 0 Å². The number of ketones is 1. The summed E-state index contributed by atoms with van der Waals surface area (Å²) in [5.41, 5.74) is 8.78. The Hall–Kier alpha value is -3.46. The molecular weight excluding hydrogens is 368 g/mol. The van der Waals surface area contributed by atoms with Crippen molar-refractivity contribution >= 4 is 5.78 Å². The number of hydrogen-bond acceptors (Lipinski definition) is 2. The molecule has 0 N–H and O–H groups in total. The highest BCUT2D eigenvalue weighted by molar-refractivity contribution is 6.06. The molecule has 0 fully saturated rings. The maximum absolute atomic E-state index is 13.3. The Morgan fingerprint density at radius 1 is 0.867 bits per heavy atom. The highest BCUT2D eigenvalue weighted by atomic mass is 16.1. The number of aromatic nitrogens is 2. The minimum atomic E-state index is -0.0138. The average molecular weight is 393 g/mol. The van der Waals surface area contributed by atoms with Crippen LogP contribution in [0.1, 0.15) is 34.1 Å². The number of carbonyl (C=O) groups excluding carboxylic acids is 1. The van der Waals surface area contributed by atoms with Crippen molar-refractivity contribution in [3.05, 3.63) is 95.3 Å². The van der Waals surface area contributed by atoms with E-state index in [1.807, 2.05) is 25.1 Å². The third-order valence-electron chi connectivity index (χ3n) is 5.94. The van der Waals surface area contributed by atoms with Gasteiger partial charge in [-0.2, -0.15) is 0 Å². The highest BCUT2D eigenvalue weighted by Crippen LogP contribution is 2.45. The van der Waals surface area contributed by atoms with Gasteiger partial charge in [0.25, 0.3) is 0 Å². The molecule has 2 aromatic carbocycles. The maximum Gasteiger partial charge on any atom is 0.183 e. The van der Waals surface area contributed by atoms with Gasteiger partial charge in [0.05, 0.1) is 11.4 Å². The van der Waals surface area contributed by atoms with E-state index in [1.165, 1.54) is 11.1 Å². The molecule has 0 radical (unpaired) electrons. The molecule has 30 heavy (non-hydrogen) atoms. The molecule has 0 spiro atoms. The van der Waals surface area contributed by atoms with Crippen LogP contribution in [0.4, 0.5) is 0 Å². The fraction of sp³-hybridized carbons (Fsp3) is 0.185. The lowest BCUT2D eigenvalue weighted by molar-refractivity contribution is 0.0940. The first-order chi connectivity index (χ1) is 14.5. The van der Waals surface area contributed by atoms with E-state index in [2.05, 4.69) is 71.9 Å². The number of hydrogen-bond donors (Lipinski definition) is 0. The monoisotopic (exact) mass is 392 g/mol. The minimum Gasteiger partial charge on any atom is -0.292 e. The number of carbonyl (C=O) groups is 1. The van der Waals surface area contributed by atoms with Crippen LogP contribution in [0.5, 0.6) is 0 Å². The van der Waals surface area contributed by atoms with Crippen molar-refractivity contribution < 1.29 is 4.79 Å². The lowest BCUT2D eigenvalue weighted by Crippen LogP contribution is -2.12. The van der Waals surface area contributed by atoms with E-state index in [0.717, 1.165) is 45.9 Å². The van der Waals surface area contributed by atoms with Gasteiger partial charge in [0.2, 0.25) is 0 Å². The molecule has 0 aliphatic heterocycles. The zero-order chi connectivity index (χ0) is 20.8. The van der Waals surface area contributed by atoms with Crippen molar-refractivity contribution in [2.75, 3.05) is 0 Å². The summed E-state index contributed by atoms with van der Waals surface area (Å²) in [4.78, 5) is 17.9. The zero-order valence-electron chi connectivity index (χ0n) is 17.5. The second kappa shape index (κ2) is 7.10. The largest absolute Gasteiger partial charge is 0.292 e. The van der Waals surface area contributed by atoms with Crippen LogP contribution < -0.4 is 0 Å². The van der Waals surface area contributed by atoms with Gasteiger partial charge in [-0.1, -0.05) is 66.6 Å². The normalized spacial score (nSPS) is 15.4. The summed E-state index contributed by atoms with van der Waals surface area (Å²) in [7, 11) is 0. The van der Waals surface area contributed by atoms with E-state index in [1.54, 1.807) is 6.20 Å². The Morgan fingerprint density at radius 3 is 2.23 bits per heavy atom. The molecule has 3 heteroatoms. The summed E-state index contributed by atoms with van der Waals surface area (Å²) in [5.74, 6) is 0.968. The standard InChI is InChI=1S/C27H24N2O/c1-17-8-6-10-20(14-17)24-22-16-19(3)27(30)26(22)29(23-12-4-5-13-28-23)25(24)21-11-7-9-18(2)15-21/h4-15,19H,16H2,1-3H3. The summed E-state index contributed by atoms with van der Waals surface area (Å²) in [6.45, 7) is 6.24. The molecule has 5 rings (SSSR count). The quantitative estimate of drug-likeness (QED) is 0.416. The first-order valence-electron chi connectivity index (χ1n) is 10.4. The van der Waals surface area contributed by atoms with Crippen LogP contribution in [0.15, 0.2) is 72.9 Å². The van der Waals surface area contributed by atoms with Gasteiger partial charge in [0.15, 0.2) is 5.78 Å². The topological polar surface area (TPSA) is 34.9 Å². The summed E-state index contributed by atoms with van der Waals surface area (Å²) in [6.07, 6.45) is 2.55. The van der Waals surface area contributed by atoms with Gasteiger partial charge in [-0.25, -0.2) is 4.98 Å². The summed E-state index contributed by atoms with van der Waals surface area (Å²) >= 11 is 0. The minimum absolute atomic E-state index is 0.0138. The SMILES string of the molecule is Cc1cccc(-c2c3c(n(-c4ccccn4)c2-c2cccc(C)c2)C(=O)C(C)C3)c1. The van der Waals surface area contributed by atoms with Crippen LogP contribution in [-0.4, -0.2) is 15.3 Å². The van der Waals surface area contributed by atoms with Crippen molar-refractivity contribution in [1.29, 1.82) is 0 Å². The number of nitrogens with zero attached hydrogens (tertiary/aromatic N) is 2. The predicted molar refractivity (Wildman–Crippen MR) is 121 cm³/mol. The summed E-state index contributed by atoms with van der Waals surface area (Å²) in [6, 6.07) is 22.9. The summed E-state index contributed by atoms with van der Waals surface area (Å²) in [5, 5.41) is 0. The van der Waals surface area contributed by atoms with Crippen LogP contribution in [0.2, 0.25) is 0 Å². The molecule has 0 saturated heterocycles. The van der Waals surface area contributed by atoms with Gasteiger partial charge in [-0.3, -0.25) is 9.36 Å². The first kappa shape index (κ1) is 18.6. The smallest absolute Gasteiger partial charge is 0.183 e. The maximum atomic E-state index is 13.3. The van der Waals surface area contributed by atoms with Crippen LogP contribution in [0, 0.1) is 19.8 Å². The van der Waals surface area contributed by atoms with E-state index in [4.69, 9.17) is 0 Å². The molecule has 0 saturated carbocycles. The first-order valence-corrected chi connectivity index (χ1v) is 10.4. The van der Waals surface area contributed by atoms with Gasteiger partial charge in [0.1, 0.15) is 5.82 Å². The van der Waals surface area contributed by atoms with Gasteiger partial charge in [-0.05, 0) is 55.2 Å². The van der Waals surface area contributed by atoms with Crippen LogP contribution in [-0.2, 0) is 6.42 Å². The van der Waals surface area contributed by atoms with E-state index in [-0.39, 0.29) is 11.7 Å². The lowest BCUT2D eigenvalue weighted by atomic mass is 9.94. The zero-order valence-corrected chi connectivity index (χ0v) is 17.5. The Labute approximate surface area is 177 Å². The van der Waals surface area contributed by atoms with Gasteiger partial charge in [-0.15, -0.1) is 0 Å². The molecule has 1 unspecified atom stereocenters. The van der Waals surface area contributed by atoms with Crippen molar-refractivity contribution in [2.45, 2.75) is 27.2 Å². The molecule has 148 valence electrons. The lowest BCUT2D eigenvalue weighted by Gasteiger charge is -2.15. The number of fused-ring (bicyclic) bond motifs is 1. The molecule has 1 aliphatic carbocycles. The average Bonchev–Trinajstić information content (AvgIpc) is 3.22. The second-order valence-electron chi connectivity index (χ2n) is 8.28. The Morgan fingerprint density at radius 2 is 1.57 bits per heavy atom. The van der Waals surface area contributed by atoms with Crippen LogP contribution in [0.3, 0.4) is 0 Å². The number of aryl methyl sites for hydroxylation is 2. The molecule has 3 nitrogen and oxygen atoms in total. The Balaban J connectivity index is 1.93. The Bertz CT molecular complexity index is 1270. The molecule has 2 aromatic heterocycles. The molecular formula is C27H24N2O. The predicted octanol–water partition coefficient (Wildman–Crippen LogP) is 6.20. The number of Topliss-reactive ketones (excluding diaryl/α,β-unsaturated/α-hetero) is 1. The van der Waals surface area contributed by atoms with Crippen molar-refractivity contribution in [3.8, 4) is 28.2 Å². The molecule has 2 heterocycles. The number of benzene rings is 2. The van der Waals surface area contributed by atoms with Gasteiger partial charge < -0.3 is 0 Å². The second-order valence-corrected chi connectivity index (χ2v) is 8.28. The van der Waals surface area contributed by atoms with Gasteiger partial charge in [0, 0.05) is 17.7 Å². The van der Waals surface area contributed by atoms with Crippen molar-refractivity contribution in [1.82, 2.24) is 9.55 Å². The summed E-state index contributed by atoms with van der Waals surface area (Å²) < 4.78 is 2.09. The van der Waals surface area contributed by atoms with E-state index >= 15 is 0 Å².